The number of hydrogen-bond donors (Lipinski definition) is 3. The van der Waals surface area contributed by atoms with Gasteiger partial charge in [-0.3, -0.25) is 0 Å². The van der Waals surface area contributed by atoms with Gasteiger partial charge in [0.2, 0.25) is 5.95 Å². The quantitative estimate of drug-likeness (QED) is 0.583. The lowest BCUT2D eigenvalue weighted by Crippen LogP contribution is -2.22. The fraction of sp³-hybridized carbons (Fsp3) is 0.556. The summed E-state index contributed by atoms with van der Waals surface area (Å²) < 4.78 is 0. The molecule has 0 saturated carbocycles. The van der Waals surface area contributed by atoms with Crippen LogP contribution in [0.25, 0.3) is 0 Å². The molecule has 2 rings (SSSR count). The van der Waals surface area contributed by atoms with Gasteiger partial charge in [-0.15, -0.1) is 0 Å². The van der Waals surface area contributed by atoms with E-state index in [1.54, 1.807) is 0 Å². The predicted octanol–water partition coefficient (Wildman–Crippen LogP) is 0.0196. The molecule has 14 heavy (non-hydrogen) atoms. The van der Waals surface area contributed by atoms with Crippen LogP contribution in [0.1, 0.15) is 30.0 Å². The van der Waals surface area contributed by atoms with Gasteiger partial charge in [-0.1, -0.05) is 0 Å². The van der Waals surface area contributed by atoms with Crippen molar-refractivity contribution >= 4 is 11.8 Å². The molecule has 0 spiro atoms. The molecule has 0 aliphatic heterocycles. The molecule has 0 bridgehead atoms. The highest BCUT2D eigenvalue weighted by Crippen LogP contribution is 2.32. The van der Waals surface area contributed by atoms with Gasteiger partial charge in [0.25, 0.3) is 0 Å². The number of nitrogens with two attached hydrogens (primary N) is 3. The van der Waals surface area contributed by atoms with Gasteiger partial charge in [-0.2, -0.15) is 4.98 Å². The highest BCUT2D eigenvalue weighted by molar-refractivity contribution is 5.48. The van der Waals surface area contributed by atoms with E-state index in [-0.39, 0.29) is 5.95 Å². The maximum atomic E-state index is 5.79. The summed E-state index contributed by atoms with van der Waals surface area (Å²) >= 11 is 0. The largest absolute Gasteiger partial charge is 0.383 e. The standard InChI is InChI=1S/C9H15N5/c10-4-5-2-1-3-6-7(5)13-9(12)14-8(6)11/h5H,1-4,10H2,(H4,11,12,13,14). The highest BCUT2D eigenvalue weighted by atomic mass is 15.0. The van der Waals surface area contributed by atoms with E-state index in [9.17, 15) is 0 Å². The summed E-state index contributed by atoms with van der Waals surface area (Å²) in [5.41, 5.74) is 19.0. The minimum Gasteiger partial charge on any atom is -0.383 e. The number of hydrogen-bond acceptors (Lipinski definition) is 5. The van der Waals surface area contributed by atoms with Crippen LogP contribution >= 0.6 is 0 Å². The molecule has 5 nitrogen and oxygen atoms in total. The van der Waals surface area contributed by atoms with Crippen LogP contribution < -0.4 is 17.2 Å². The number of nitrogen functional groups attached to an aromatic ring is 2. The van der Waals surface area contributed by atoms with Crippen molar-refractivity contribution in [3.63, 3.8) is 0 Å². The number of rotatable bonds is 1. The van der Waals surface area contributed by atoms with Gasteiger partial charge in [0.1, 0.15) is 5.82 Å². The molecule has 1 aliphatic carbocycles. The number of aromatic nitrogens is 2. The van der Waals surface area contributed by atoms with E-state index >= 15 is 0 Å². The Morgan fingerprint density at radius 3 is 2.79 bits per heavy atom. The molecule has 0 amide bonds. The van der Waals surface area contributed by atoms with Crippen molar-refractivity contribution in [1.82, 2.24) is 9.97 Å². The molecule has 6 N–H and O–H groups in total. The van der Waals surface area contributed by atoms with Crippen LogP contribution in [0.3, 0.4) is 0 Å². The number of nitrogens with zero attached hydrogens (tertiary/aromatic N) is 2. The topological polar surface area (TPSA) is 104 Å². The molecule has 0 fully saturated rings. The van der Waals surface area contributed by atoms with E-state index in [2.05, 4.69) is 9.97 Å². The second kappa shape index (κ2) is 3.42. The van der Waals surface area contributed by atoms with Gasteiger partial charge < -0.3 is 17.2 Å². The molecule has 0 radical (unpaired) electrons. The van der Waals surface area contributed by atoms with E-state index in [0.29, 0.717) is 18.3 Å². The smallest absolute Gasteiger partial charge is 0.222 e. The number of fused-ring (bicyclic) bond motifs is 1. The molecule has 1 unspecified atom stereocenters. The molecule has 1 aliphatic rings. The van der Waals surface area contributed by atoms with Crippen molar-refractivity contribution in [2.75, 3.05) is 18.0 Å². The van der Waals surface area contributed by atoms with Gasteiger partial charge in [0.05, 0.1) is 5.69 Å². The van der Waals surface area contributed by atoms with E-state index in [4.69, 9.17) is 17.2 Å². The van der Waals surface area contributed by atoms with Crippen LogP contribution in [-0.2, 0) is 6.42 Å². The minimum atomic E-state index is 0.251. The molecule has 1 aromatic heterocycles. The highest BCUT2D eigenvalue weighted by Gasteiger charge is 2.23. The van der Waals surface area contributed by atoms with Crippen molar-refractivity contribution in [3.8, 4) is 0 Å². The zero-order valence-electron chi connectivity index (χ0n) is 8.03. The molecular formula is C9H15N5. The summed E-state index contributed by atoms with van der Waals surface area (Å²) in [5.74, 6) is 1.07. The molecule has 0 saturated heterocycles. The van der Waals surface area contributed by atoms with Crippen molar-refractivity contribution in [1.29, 1.82) is 0 Å². The molecular weight excluding hydrogens is 178 g/mol. The third kappa shape index (κ3) is 1.39. The van der Waals surface area contributed by atoms with Crippen LogP contribution in [-0.4, -0.2) is 16.5 Å². The van der Waals surface area contributed by atoms with Gasteiger partial charge >= 0.3 is 0 Å². The molecule has 0 aromatic carbocycles. The molecule has 1 aromatic rings. The second-order valence-corrected chi connectivity index (χ2v) is 3.66. The molecule has 1 heterocycles. The first-order valence-electron chi connectivity index (χ1n) is 4.84. The molecule has 1 atom stereocenters. The van der Waals surface area contributed by atoms with Crippen molar-refractivity contribution < 1.29 is 0 Å². The zero-order chi connectivity index (χ0) is 10.1. The van der Waals surface area contributed by atoms with Crippen molar-refractivity contribution in [3.05, 3.63) is 11.3 Å². The van der Waals surface area contributed by atoms with E-state index in [0.717, 1.165) is 30.5 Å². The first-order chi connectivity index (χ1) is 6.72. The SMILES string of the molecule is NCC1CCCc2c(N)nc(N)nc21. The summed E-state index contributed by atoms with van der Waals surface area (Å²) in [6, 6.07) is 0. The summed E-state index contributed by atoms with van der Waals surface area (Å²) in [6.07, 6.45) is 3.11. The minimum absolute atomic E-state index is 0.251. The Kier molecular flexibility index (Phi) is 2.25. The maximum Gasteiger partial charge on any atom is 0.222 e. The number of anilines is 2. The van der Waals surface area contributed by atoms with Gasteiger partial charge in [0, 0.05) is 18.0 Å². The van der Waals surface area contributed by atoms with Crippen LogP contribution in [0, 0.1) is 0 Å². The first kappa shape index (κ1) is 9.21. The van der Waals surface area contributed by atoms with Gasteiger partial charge in [-0.05, 0) is 19.3 Å². The Labute approximate surface area is 82.7 Å². The Morgan fingerprint density at radius 2 is 2.07 bits per heavy atom. The summed E-state index contributed by atoms with van der Waals surface area (Å²) in [6.45, 7) is 0.600. The van der Waals surface area contributed by atoms with E-state index < -0.39 is 0 Å². The van der Waals surface area contributed by atoms with Crippen LogP contribution in [0.2, 0.25) is 0 Å². The van der Waals surface area contributed by atoms with Crippen molar-refractivity contribution in [2.24, 2.45) is 5.73 Å². The van der Waals surface area contributed by atoms with Crippen LogP contribution in [0.5, 0.6) is 0 Å². The molecule has 5 heteroatoms. The lowest BCUT2D eigenvalue weighted by molar-refractivity contribution is 0.545. The zero-order valence-corrected chi connectivity index (χ0v) is 8.03. The predicted molar refractivity (Wildman–Crippen MR) is 55.6 cm³/mol. The monoisotopic (exact) mass is 193 g/mol. The summed E-state index contributed by atoms with van der Waals surface area (Å²) in [4.78, 5) is 8.19. The van der Waals surface area contributed by atoms with Crippen LogP contribution in [0.15, 0.2) is 0 Å². The second-order valence-electron chi connectivity index (χ2n) is 3.66. The summed E-state index contributed by atoms with van der Waals surface area (Å²) in [5, 5.41) is 0. The lowest BCUT2D eigenvalue weighted by atomic mass is 9.87. The Hall–Kier alpha value is -1.36. The van der Waals surface area contributed by atoms with E-state index in [1.807, 2.05) is 0 Å². The van der Waals surface area contributed by atoms with Crippen LogP contribution in [0.4, 0.5) is 11.8 Å². The molecule has 76 valence electrons. The Morgan fingerprint density at radius 1 is 1.29 bits per heavy atom. The summed E-state index contributed by atoms with van der Waals surface area (Å²) in [7, 11) is 0. The lowest BCUT2D eigenvalue weighted by Gasteiger charge is -2.23. The fourth-order valence-corrected chi connectivity index (χ4v) is 2.02. The van der Waals surface area contributed by atoms with Gasteiger partial charge in [-0.25, -0.2) is 4.98 Å². The Bertz CT molecular complexity index is 349. The third-order valence-electron chi connectivity index (χ3n) is 2.74. The third-order valence-corrected chi connectivity index (χ3v) is 2.74. The Balaban J connectivity index is 2.51. The first-order valence-corrected chi connectivity index (χ1v) is 4.84. The fourth-order valence-electron chi connectivity index (χ4n) is 2.02. The van der Waals surface area contributed by atoms with E-state index in [1.165, 1.54) is 0 Å². The average molecular weight is 193 g/mol. The maximum absolute atomic E-state index is 5.79. The normalized spacial score (nSPS) is 20.5. The average Bonchev–Trinajstić information content (AvgIpc) is 2.17. The van der Waals surface area contributed by atoms with Gasteiger partial charge in [0.15, 0.2) is 0 Å². The van der Waals surface area contributed by atoms with Crippen molar-refractivity contribution in [2.45, 2.75) is 25.2 Å².